The Bertz CT molecular complexity index is 1510. The highest BCUT2D eigenvalue weighted by Gasteiger charge is 2.48. The molecule has 5 rings (SSSR count). The number of rotatable bonds is 8. The molecule has 1 aromatic heterocycles. The Kier molecular flexibility index (Phi) is 7.62. The summed E-state index contributed by atoms with van der Waals surface area (Å²) in [6.07, 6.45) is 1.52. The number of benzene rings is 2. The van der Waals surface area contributed by atoms with Crippen LogP contribution in [0.2, 0.25) is 0 Å². The van der Waals surface area contributed by atoms with Gasteiger partial charge in [0.05, 0.1) is 30.5 Å². The molecule has 1 N–H and O–H groups in total. The highest BCUT2D eigenvalue weighted by Crippen LogP contribution is 2.44. The number of ether oxygens (including phenoxy) is 3. The molecule has 2 atom stereocenters. The summed E-state index contributed by atoms with van der Waals surface area (Å²) in [6.45, 7) is 8.05. The van der Waals surface area contributed by atoms with E-state index in [1.54, 1.807) is 56.3 Å². The lowest BCUT2D eigenvalue weighted by atomic mass is 9.94. The van der Waals surface area contributed by atoms with Gasteiger partial charge in [0.25, 0.3) is 5.78 Å². The Labute approximate surface area is 236 Å². The first kappa shape index (κ1) is 27.4. The van der Waals surface area contributed by atoms with Crippen molar-refractivity contribution in [3.05, 3.63) is 75.3 Å². The number of thiazole rings is 1. The largest absolute Gasteiger partial charge is 0.507 e. The Hall–Kier alpha value is -4.18. The van der Waals surface area contributed by atoms with E-state index in [-0.39, 0.29) is 34.1 Å². The summed E-state index contributed by atoms with van der Waals surface area (Å²) in [5, 5.41) is 11.7. The minimum absolute atomic E-state index is 0.00755. The average Bonchev–Trinajstić information content (AvgIpc) is 3.59. The summed E-state index contributed by atoms with van der Waals surface area (Å²) in [6, 6.07) is 11.3. The van der Waals surface area contributed by atoms with Crippen molar-refractivity contribution in [2.75, 3.05) is 18.1 Å². The summed E-state index contributed by atoms with van der Waals surface area (Å²) >= 11 is 0.971. The zero-order valence-electron chi connectivity index (χ0n) is 22.7. The van der Waals surface area contributed by atoms with Gasteiger partial charge in [0.2, 0.25) is 0 Å². The first-order valence-electron chi connectivity index (χ1n) is 13.2. The lowest BCUT2D eigenvalue weighted by Crippen LogP contribution is -2.29. The lowest BCUT2D eigenvalue weighted by Gasteiger charge is -2.23. The summed E-state index contributed by atoms with van der Waals surface area (Å²) in [7, 11) is 0. The van der Waals surface area contributed by atoms with Crippen LogP contribution in [-0.4, -0.2) is 47.1 Å². The molecule has 1 amide bonds. The van der Waals surface area contributed by atoms with Crippen molar-refractivity contribution in [3.8, 4) is 11.5 Å². The van der Waals surface area contributed by atoms with Gasteiger partial charge >= 0.3 is 11.9 Å². The van der Waals surface area contributed by atoms with Crippen LogP contribution in [0.15, 0.2) is 48.0 Å². The van der Waals surface area contributed by atoms with Crippen molar-refractivity contribution in [3.63, 3.8) is 0 Å². The van der Waals surface area contributed by atoms with E-state index < -0.39 is 23.7 Å². The van der Waals surface area contributed by atoms with E-state index in [4.69, 9.17) is 14.2 Å². The number of aromatic nitrogens is 1. The second-order valence-electron chi connectivity index (χ2n) is 9.67. The second kappa shape index (κ2) is 11.1. The van der Waals surface area contributed by atoms with Crippen LogP contribution in [0.25, 0.3) is 5.76 Å². The molecule has 0 bridgehead atoms. The van der Waals surface area contributed by atoms with Crippen LogP contribution < -0.4 is 14.4 Å². The molecule has 0 saturated carbocycles. The van der Waals surface area contributed by atoms with Crippen LogP contribution in [0.1, 0.15) is 65.3 Å². The molecule has 9 nitrogen and oxygen atoms in total. The van der Waals surface area contributed by atoms with Gasteiger partial charge in [-0.25, -0.2) is 9.78 Å². The molecule has 2 aliphatic heterocycles. The molecule has 2 unspecified atom stereocenters. The van der Waals surface area contributed by atoms with E-state index in [2.05, 4.69) is 4.98 Å². The highest BCUT2D eigenvalue weighted by molar-refractivity contribution is 7.17. The molecule has 0 radical (unpaired) electrons. The van der Waals surface area contributed by atoms with Crippen molar-refractivity contribution in [1.29, 1.82) is 0 Å². The van der Waals surface area contributed by atoms with Gasteiger partial charge in [0.1, 0.15) is 28.2 Å². The third-order valence-corrected chi connectivity index (χ3v) is 7.87. The van der Waals surface area contributed by atoms with Gasteiger partial charge in [-0.3, -0.25) is 14.5 Å². The van der Waals surface area contributed by atoms with E-state index in [1.807, 2.05) is 13.8 Å². The number of aliphatic hydroxyl groups is 1. The molecule has 0 spiro atoms. The Morgan fingerprint density at radius 3 is 2.62 bits per heavy atom. The topological polar surface area (TPSA) is 115 Å². The van der Waals surface area contributed by atoms with Crippen LogP contribution in [0.5, 0.6) is 11.5 Å². The number of aryl methyl sites for hydroxylation is 1. The van der Waals surface area contributed by atoms with Crippen molar-refractivity contribution in [2.45, 2.75) is 52.7 Å². The maximum absolute atomic E-state index is 13.5. The van der Waals surface area contributed by atoms with Crippen molar-refractivity contribution in [2.24, 2.45) is 0 Å². The van der Waals surface area contributed by atoms with Gasteiger partial charge in [0, 0.05) is 12.0 Å². The minimum Gasteiger partial charge on any atom is -0.507 e. The normalized spacial score (nSPS) is 19.4. The standard InChI is InChI=1S/C30H30N2O7S/c1-5-13-38-21-10-7-18(8-11-21)24-23(25(33)19-9-12-22-20(15-19)14-16(3)39-22)26(34)28(35)32(24)30-31-17(4)27(40-30)29(36)37-6-2/h7-12,15-16,24,33H,5-6,13-14H2,1-4H3. The van der Waals surface area contributed by atoms with E-state index in [9.17, 15) is 19.5 Å². The molecule has 2 aromatic carbocycles. The first-order chi connectivity index (χ1) is 19.2. The van der Waals surface area contributed by atoms with Gasteiger partial charge in [-0.05, 0) is 68.7 Å². The van der Waals surface area contributed by atoms with Crippen LogP contribution in [0, 0.1) is 6.92 Å². The third-order valence-electron chi connectivity index (χ3n) is 6.73. The number of carbonyl (C=O) groups is 3. The molecule has 3 heterocycles. The number of carbonyl (C=O) groups excluding carboxylic acids is 3. The molecule has 0 aliphatic carbocycles. The van der Waals surface area contributed by atoms with Crippen molar-refractivity contribution >= 4 is 39.9 Å². The molecule has 2 aliphatic rings. The van der Waals surface area contributed by atoms with Crippen molar-refractivity contribution in [1.82, 2.24) is 4.98 Å². The maximum atomic E-state index is 13.5. The van der Waals surface area contributed by atoms with Crippen molar-refractivity contribution < 1.29 is 33.7 Å². The SMILES string of the molecule is CCCOc1ccc(C2C(=C(O)c3ccc4c(c3)CC(C)O4)C(=O)C(=O)N2c2nc(C)c(C(=O)OCC)s2)cc1. The fourth-order valence-electron chi connectivity index (χ4n) is 4.91. The Balaban J connectivity index is 1.63. The van der Waals surface area contributed by atoms with E-state index >= 15 is 0 Å². The summed E-state index contributed by atoms with van der Waals surface area (Å²) in [5.74, 6) is -1.16. The minimum atomic E-state index is -0.982. The lowest BCUT2D eigenvalue weighted by molar-refractivity contribution is -0.132. The summed E-state index contributed by atoms with van der Waals surface area (Å²) in [5.41, 5.74) is 2.22. The number of aliphatic hydroxyl groups excluding tert-OH is 1. The highest BCUT2D eigenvalue weighted by atomic mass is 32.1. The fourth-order valence-corrected chi connectivity index (χ4v) is 5.89. The Morgan fingerprint density at radius 1 is 1.18 bits per heavy atom. The van der Waals surface area contributed by atoms with Gasteiger partial charge < -0.3 is 19.3 Å². The smallest absolute Gasteiger partial charge is 0.350 e. The van der Waals surface area contributed by atoms with Crippen LogP contribution in [0.3, 0.4) is 0 Å². The van der Waals surface area contributed by atoms with E-state index in [0.717, 1.165) is 29.1 Å². The van der Waals surface area contributed by atoms with Gasteiger partial charge in [0.15, 0.2) is 5.13 Å². The maximum Gasteiger partial charge on any atom is 0.350 e. The molecule has 3 aromatic rings. The number of esters is 1. The zero-order valence-corrected chi connectivity index (χ0v) is 23.5. The van der Waals surface area contributed by atoms with E-state index in [0.29, 0.717) is 35.6 Å². The molecule has 1 fully saturated rings. The second-order valence-corrected chi connectivity index (χ2v) is 10.7. The first-order valence-corrected chi connectivity index (χ1v) is 14.0. The number of hydrogen-bond donors (Lipinski definition) is 1. The molecule has 10 heteroatoms. The van der Waals surface area contributed by atoms with E-state index in [1.165, 1.54) is 4.90 Å². The quantitative estimate of drug-likeness (QED) is 0.169. The predicted molar refractivity (Wildman–Crippen MR) is 150 cm³/mol. The molecular formula is C30H30N2O7S. The zero-order chi connectivity index (χ0) is 28.6. The van der Waals surface area contributed by atoms with Gasteiger partial charge in [-0.15, -0.1) is 0 Å². The summed E-state index contributed by atoms with van der Waals surface area (Å²) in [4.78, 5) is 45.5. The predicted octanol–water partition coefficient (Wildman–Crippen LogP) is 5.37. The monoisotopic (exact) mass is 562 g/mol. The number of fused-ring (bicyclic) bond motifs is 1. The fraction of sp³-hybridized carbons (Fsp3) is 0.333. The number of anilines is 1. The van der Waals surface area contributed by atoms with Crippen LogP contribution >= 0.6 is 11.3 Å². The number of amides is 1. The molecular weight excluding hydrogens is 532 g/mol. The number of Topliss-reactive ketones (excluding diaryl/α,β-unsaturated/α-hetero) is 1. The van der Waals surface area contributed by atoms with Crippen LogP contribution in [-0.2, 0) is 20.7 Å². The molecule has 208 valence electrons. The Morgan fingerprint density at radius 2 is 1.93 bits per heavy atom. The van der Waals surface area contributed by atoms with Gasteiger partial charge in [-0.1, -0.05) is 30.4 Å². The molecule has 1 saturated heterocycles. The number of ketones is 1. The summed E-state index contributed by atoms with van der Waals surface area (Å²) < 4.78 is 16.6. The third kappa shape index (κ3) is 4.95. The number of hydrogen-bond acceptors (Lipinski definition) is 9. The number of nitrogens with zero attached hydrogens (tertiary/aromatic N) is 2. The average molecular weight is 563 g/mol. The van der Waals surface area contributed by atoms with Gasteiger partial charge in [-0.2, -0.15) is 0 Å². The van der Waals surface area contributed by atoms with Crippen LogP contribution in [0.4, 0.5) is 5.13 Å². The molecule has 40 heavy (non-hydrogen) atoms.